The number of pyridine rings is 1. The molecule has 0 spiro atoms. The van der Waals surface area contributed by atoms with Crippen LogP contribution in [0.4, 0.5) is 10.1 Å². The van der Waals surface area contributed by atoms with Crippen LogP contribution in [0.1, 0.15) is 52.3 Å². The molecule has 136 valence electrons. The van der Waals surface area contributed by atoms with Gasteiger partial charge in [-0.3, -0.25) is 9.78 Å². The van der Waals surface area contributed by atoms with Gasteiger partial charge in [-0.25, -0.2) is 4.39 Å². The van der Waals surface area contributed by atoms with Crippen LogP contribution in [0, 0.1) is 32.0 Å². The Labute approximate surface area is 162 Å². The van der Waals surface area contributed by atoms with Gasteiger partial charge < -0.3 is 5.32 Å². The summed E-state index contributed by atoms with van der Waals surface area (Å²) in [7, 11) is 0. The van der Waals surface area contributed by atoms with E-state index in [4.69, 9.17) is 6.42 Å². The number of amides is 1. The molecule has 0 unspecified atom stereocenters. The van der Waals surface area contributed by atoms with Crippen molar-refractivity contribution >= 4 is 27.5 Å². The zero-order valence-corrected chi connectivity index (χ0v) is 17.1. The molecule has 1 aromatic heterocycles. The highest BCUT2D eigenvalue weighted by molar-refractivity contribution is 9.10. The Hall–Kier alpha value is -2.19. The van der Waals surface area contributed by atoms with Crippen LogP contribution in [0.2, 0.25) is 0 Å². The fraction of sp³-hybridized carbons (Fsp3) is 0.333. The summed E-state index contributed by atoms with van der Waals surface area (Å²) in [5.74, 6) is 2.03. The van der Waals surface area contributed by atoms with Crippen molar-refractivity contribution in [2.75, 3.05) is 5.32 Å². The standard InChI is InChI=1S/C21H22BrFN2O/c1-6-9-17-12(4)24-13(5)18(19(17)22)21(26)25-20-14(7-2)10-16(23)11-15(20)8-3/h1,10-11H,7-9H2,2-5H3,(H,25,26). The zero-order valence-electron chi connectivity index (χ0n) is 15.5. The lowest BCUT2D eigenvalue weighted by molar-refractivity contribution is 0.102. The Morgan fingerprint density at radius 2 is 1.81 bits per heavy atom. The monoisotopic (exact) mass is 416 g/mol. The fourth-order valence-electron chi connectivity index (χ4n) is 3.03. The second-order valence-electron chi connectivity index (χ2n) is 6.09. The first-order valence-electron chi connectivity index (χ1n) is 8.55. The molecular formula is C21H22BrFN2O. The topological polar surface area (TPSA) is 42.0 Å². The number of aromatic nitrogens is 1. The van der Waals surface area contributed by atoms with Crippen LogP contribution in [0.5, 0.6) is 0 Å². The molecule has 0 aliphatic carbocycles. The lowest BCUT2D eigenvalue weighted by Crippen LogP contribution is -2.19. The summed E-state index contributed by atoms with van der Waals surface area (Å²) in [6, 6.07) is 2.93. The normalized spacial score (nSPS) is 10.5. The number of terminal acetylenes is 1. The Kier molecular flexibility index (Phi) is 6.55. The lowest BCUT2D eigenvalue weighted by atomic mass is 10.0. The van der Waals surface area contributed by atoms with Gasteiger partial charge in [-0.05, 0) is 65.9 Å². The lowest BCUT2D eigenvalue weighted by Gasteiger charge is -2.17. The van der Waals surface area contributed by atoms with E-state index in [9.17, 15) is 9.18 Å². The molecule has 3 nitrogen and oxygen atoms in total. The van der Waals surface area contributed by atoms with Crippen molar-refractivity contribution in [3.63, 3.8) is 0 Å². The van der Waals surface area contributed by atoms with Gasteiger partial charge in [0.05, 0.1) is 11.3 Å². The highest BCUT2D eigenvalue weighted by atomic mass is 79.9. The second-order valence-corrected chi connectivity index (χ2v) is 6.88. The molecule has 1 amide bonds. The number of nitrogens with one attached hydrogen (secondary N) is 1. The molecule has 0 aliphatic heterocycles. The number of hydrogen-bond acceptors (Lipinski definition) is 2. The molecule has 0 bridgehead atoms. The van der Waals surface area contributed by atoms with E-state index in [1.165, 1.54) is 12.1 Å². The van der Waals surface area contributed by atoms with E-state index < -0.39 is 0 Å². The Morgan fingerprint density at radius 1 is 1.23 bits per heavy atom. The minimum absolute atomic E-state index is 0.281. The maximum absolute atomic E-state index is 13.8. The molecular weight excluding hydrogens is 395 g/mol. The summed E-state index contributed by atoms with van der Waals surface area (Å²) in [6.45, 7) is 7.53. The summed E-state index contributed by atoms with van der Waals surface area (Å²) >= 11 is 3.52. The minimum Gasteiger partial charge on any atom is -0.321 e. The van der Waals surface area contributed by atoms with Crippen LogP contribution < -0.4 is 5.32 Å². The van der Waals surface area contributed by atoms with Gasteiger partial charge in [-0.15, -0.1) is 12.3 Å². The van der Waals surface area contributed by atoms with Crippen molar-refractivity contribution in [2.45, 2.75) is 47.0 Å². The van der Waals surface area contributed by atoms with Crippen molar-refractivity contribution in [2.24, 2.45) is 0 Å². The third-order valence-electron chi connectivity index (χ3n) is 4.39. The van der Waals surface area contributed by atoms with Crippen molar-refractivity contribution in [1.82, 2.24) is 4.98 Å². The van der Waals surface area contributed by atoms with Gasteiger partial charge >= 0.3 is 0 Å². The van der Waals surface area contributed by atoms with E-state index in [2.05, 4.69) is 32.2 Å². The molecule has 0 fully saturated rings. The molecule has 0 radical (unpaired) electrons. The van der Waals surface area contributed by atoms with Crippen LogP contribution in [0.25, 0.3) is 0 Å². The average molecular weight is 417 g/mol. The summed E-state index contributed by atoms with van der Waals surface area (Å²) < 4.78 is 14.5. The summed E-state index contributed by atoms with van der Waals surface area (Å²) in [4.78, 5) is 17.5. The van der Waals surface area contributed by atoms with Gasteiger partial charge in [0.25, 0.3) is 5.91 Å². The summed E-state index contributed by atoms with van der Waals surface area (Å²) in [5, 5.41) is 2.97. The van der Waals surface area contributed by atoms with Crippen molar-refractivity contribution in [1.29, 1.82) is 0 Å². The predicted octanol–water partition coefficient (Wildman–Crippen LogP) is 5.15. The molecule has 5 heteroatoms. The van der Waals surface area contributed by atoms with Gasteiger partial charge in [0.1, 0.15) is 5.82 Å². The first-order valence-corrected chi connectivity index (χ1v) is 9.34. The van der Waals surface area contributed by atoms with Crippen LogP contribution in [0.15, 0.2) is 16.6 Å². The molecule has 26 heavy (non-hydrogen) atoms. The van der Waals surface area contributed by atoms with Crippen molar-refractivity contribution < 1.29 is 9.18 Å². The first kappa shape index (κ1) is 20.1. The fourth-order valence-corrected chi connectivity index (χ4v) is 3.93. The number of benzene rings is 1. The molecule has 0 aliphatic rings. The number of rotatable bonds is 5. The summed E-state index contributed by atoms with van der Waals surface area (Å²) in [5.41, 5.74) is 4.91. The van der Waals surface area contributed by atoms with Gasteiger partial charge in [0.15, 0.2) is 0 Å². The molecule has 2 rings (SSSR count). The zero-order chi connectivity index (χ0) is 19.4. The number of carbonyl (C=O) groups excluding carboxylic acids is 1. The number of anilines is 1. The molecule has 1 heterocycles. The molecule has 0 atom stereocenters. The molecule has 0 saturated heterocycles. The molecule has 0 saturated carbocycles. The third kappa shape index (κ3) is 3.96. The Bertz CT molecular complexity index is 875. The Morgan fingerprint density at radius 3 is 2.31 bits per heavy atom. The molecule has 1 N–H and O–H groups in total. The van der Waals surface area contributed by atoms with E-state index in [1.807, 2.05) is 20.8 Å². The number of aryl methyl sites for hydroxylation is 4. The number of nitrogens with zero attached hydrogens (tertiary/aromatic N) is 1. The van der Waals surface area contributed by atoms with Gasteiger partial charge in [-0.1, -0.05) is 13.8 Å². The van der Waals surface area contributed by atoms with Crippen molar-refractivity contribution in [3.8, 4) is 12.3 Å². The Balaban J connectivity index is 2.53. The van der Waals surface area contributed by atoms with E-state index in [1.54, 1.807) is 6.92 Å². The number of carbonyl (C=O) groups is 1. The highest BCUT2D eigenvalue weighted by Gasteiger charge is 2.21. The van der Waals surface area contributed by atoms with Crippen LogP contribution in [-0.2, 0) is 19.3 Å². The SMILES string of the molecule is C#CCc1c(C)nc(C)c(C(=O)Nc2c(CC)cc(F)cc2CC)c1Br. The van der Waals surface area contributed by atoms with Gasteiger partial charge in [-0.2, -0.15) is 0 Å². The largest absolute Gasteiger partial charge is 0.321 e. The minimum atomic E-state index is -0.289. The maximum Gasteiger partial charge on any atom is 0.258 e. The quantitative estimate of drug-likeness (QED) is 0.684. The van der Waals surface area contributed by atoms with Crippen LogP contribution >= 0.6 is 15.9 Å². The smallest absolute Gasteiger partial charge is 0.258 e. The maximum atomic E-state index is 13.8. The van der Waals surface area contributed by atoms with E-state index in [0.29, 0.717) is 40.7 Å². The number of halogens is 2. The average Bonchev–Trinajstić information content (AvgIpc) is 2.59. The summed E-state index contributed by atoms with van der Waals surface area (Å²) in [6.07, 6.45) is 7.07. The van der Waals surface area contributed by atoms with E-state index in [-0.39, 0.29) is 11.7 Å². The van der Waals surface area contributed by atoms with Crippen molar-refractivity contribution in [3.05, 3.63) is 56.1 Å². The van der Waals surface area contributed by atoms with E-state index in [0.717, 1.165) is 22.4 Å². The van der Waals surface area contributed by atoms with Crippen LogP contribution in [-0.4, -0.2) is 10.9 Å². The second kappa shape index (κ2) is 8.46. The molecule has 1 aromatic carbocycles. The highest BCUT2D eigenvalue weighted by Crippen LogP contribution is 2.30. The third-order valence-corrected chi connectivity index (χ3v) is 5.27. The van der Waals surface area contributed by atoms with Gasteiger partial charge in [0, 0.05) is 27.8 Å². The first-order chi connectivity index (χ1) is 12.3. The van der Waals surface area contributed by atoms with E-state index >= 15 is 0 Å². The molecule has 2 aromatic rings. The number of hydrogen-bond donors (Lipinski definition) is 1. The van der Waals surface area contributed by atoms with Gasteiger partial charge in [0.2, 0.25) is 0 Å². The predicted molar refractivity (Wildman–Crippen MR) is 107 cm³/mol. The van der Waals surface area contributed by atoms with Crippen LogP contribution in [0.3, 0.4) is 0 Å².